The number of hydrogen-bond acceptors (Lipinski definition) is 0. The molecule has 1 radical (unpaired) electrons. The van der Waals surface area contributed by atoms with Crippen molar-refractivity contribution in [1.29, 1.82) is 0 Å². The van der Waals surface area contributed by atoms with Crippen molar-refractivity contribution in [3.05, 3.63) is 48.6 Å². The van der Waals surface area contributed by atoms with E-state index in [4.69, 9.17) is 0 Å². The van der Waals surface area contributed by atoms with Crippen LogP contribution in [0.4, 0.5) is 4.39 Å². The first kappa shape index (κ1) is 8.98. The second-order valence-electron chi connectivity index (χ2n) is 2.86. The maximum absolute atomic E-state index is 13.4. The van der Waals surface area contributed by atoms with Crippen LogP contribution in [-0.2, 0) is 0 Å². The van der Waals surface area contributed by atoms with Gasteiger partial charge in [-0.3, -0.25) is 0 Å². The molecule has 1 unspecified atom stereocenters. The van der Waals surface area contributed by atoms with Gasteiger partial charge in [-0.05, 0) is 18.4 Å². The van der Waals surface area contributed by atoms with E-state index in [2.05, 4.69) is 13.5 Å². The average molecular weight is 163 g/mol. The second-order valence-corrected chi connectivity index (χ2v) is 2.86. The Morgan fingerprint density at radius 3 is 2.67 bits per heavy atom. The van der Waals surface area contributed by atoms with Crippen LogP contribution in [0, 0.1) is 12.7 Å². The van der Waals surface area contributed by atoms with Gasteiger partial charge in [0.2, 0.25) is 0 Å². The number of benzene rings is 1. The Hall–Kier alpha value is -1.11. The fourth-order valence-electron chi connectivity index (χ4n) is 1.11. The molecule has 0 aliphatic rings. The molecule has 0 bridgehead atoms. The van der Waals surface area contributed by atoms with Gasteiger partial charge in [0.1, 0.15) is 5.82 Å². The highest BCUT2D eigenvalue weighted by atomic mass is 19.1. The van der Waals surface area contributed by atoms with Gasteiger partial charge >= 0.3 is 0 Å². The minimum atomic E-state index is -0.199. The van der Waals surface area contributed by atoms with Crippen LogP contribution in [0.1, 0.15) is 24.0 Å². The van der Waals surface area contributed by atoms with Crippen molar-refractivity contribution in [2.45, 2.75) is 12.8 Å². The van der Waals surface area contributed by atoms with Crippen molar-refractivity contribution >= 4 is 6.08 Å². The predicted molar refractivity (Wildman–Crippen MR) is 50.3 cm³/mol. The molecule has 1 atom stereocenters. The molecule has 1 heteroatoms. The third-order valence-corrected chi connectivity index (χ3v) is 1.81. The van der Waals surface area contributed by atoms with Crippen molar-refractivity contribution in [3.8, 4) is 0 Å². The van der Waals surface area contributed by atoms with Crippen LogP contribution in [0.15, 0.2) is 24.8 Å². The van der Waals surface area contributed by atoms with E-state index in [1.807, 2.05) is 13.0 Å². The summed E-state index contributed by atoms with van der Waals surface area (Å²) in [5.41, 5.74) is 1.19. The van der Waals surface area contributed by atoms with E-state index >= 15 is 0 Å². The first-order chi connectivity index (χ1) is 5.66. The Morgan fingerprint density at radius 2 is 2.17 bits per heavy atom. The third-order valence-electron chi connectivity index (χ3n) is 1.81. The van der Waals surface area contributed by atoms with E-state index in [0.717, 1.165) is 0 Å². The topological polar surface area (TPSA) is 0 Å². The van der Waals surface area contributed by atoms with Crippen LogP contribution in [0.25, 0.3) is 6.08 Å². The number of hydrogen-bond donors (Lipinski definition) is 0. The lowest BCUT2D eigenvalue weighted by Crippen LogP contribution is -1.94. The zero-order chi connectivity index (χ0) is 9.14. The van der Waals surface area contributed by atoms with Crippen molar-refractivity contribution in [3.63, 3.8) is 0 Å². The Kier molecular flexibility index (Phi) is 2.64. The van der Waals surface area contributed by atoms with Gasteiger partial charge < -0.3 is 0 Å². The summed E-state index contributed by atoms with van der Waals surface area (Å²) in [5, 5.41) is 0. The summed E-state index contributed by atoms with van der Waals surface area (Å²) >= 11 is 0. The van der Waals surface area contributed by atoms with Crippen molar-refractivity contribution in [1.82, 2.24) is 0 Å². The normalized spacial score (nSPS) is 10.3. The van der Waals surface area contributed by atoms with Gasteiger partial charge in [0.05, 0.1) is 0 Å². The van der Waals surface area contributed by atoms with Crippen LogP contribution in [0.5, 0.6) is 0 Å². The van der Waals surface area contributed by atoms with Gasteiger partial charge in [0.15, 0.2) is 0 Å². The molecule has 0 aromatic heterocycles. The summed E-state index contributed by atoms with van der Waals surface area (Å²) in [6, 6.07) is 5.27. The summed E-state index contributed by atoms with van der Waals surface area (Å²) in [6.45, 7) is 9.17. The van der Waals surface area contributed by atoms with Crippen molar-refractivity contribution in [2.24, 2.45) is 0 Å². The van der Waals surface area contributed by atoms with Gasteiger partial charge in [0, 0.05) is 5.56 Å². The molecule has 1 aromatic carbocycles. The van der Waals surface area contributed by atoms with Crippen LogP contribution < -0.4 is 0 Å². The lowest BCUT2D eigenvalue weighted by molar-refractivity contribution is 0.602. The van der Waals surface area contributed by atoms with Gasteiger partial charge in [0.25, 0.3) is 0 Å². The molecule has 0 saturated carbocycles. The molecule has 0 spiro atoms. The third kappa shape index (κ3) is 1.55. The molecule has 0 nitrogen and oxygen atoms in total. The first-order valence-electron chi connectivity index (χ1n) is 3.90. The van der Waals surface area contributed by atoms with Crippen LogP contribution in [-0.4, -0.2) is 0 Å². The largest absolute Gasteiger partial charge is 0.206 e. The Bertz CT molecular complexity index is 287. The molecule has 0 N–H and O–H groups in total. The summed E-state index contributed by atoms with van der Waals surface area (Å²) in [5.74, 6) is -0.222. The summed E-state index contributed by atoms with van der Waals surface area (Å²) < 4.78 is 13.4. The maximum atomic E-state index is 13.4. The molecule has 1 aromatic rings. The van der Waals surface area contributed by atoms with Gasteiger partial charge in [-0.2, -0.15) is 0 Å². The van der Waals surface area contributed by atoms with E-state index < -0.39 is 0 Å². The fraction of sp³-hybridized carbons (Fsp3) is 0.182. The molecule has 0 heterocycles. The molecule has 12 heavy (non-hydrogen) atoms. The highest BCUT2D eigenvalue weighted by Gasteiger charge is 2.07. The van der Waals surface area contributed by atoms with Crippen molar-refractivity contribution < 1.29 is 4.39 Å². The second kappa shape index (κ2) is 3.53. The van der Waals surface area contributed by atoms with E-state index in [0.29, 0.717) is 11.1 Å². The zero-order valence-electron chi connectivity index (χ0n) is 7.18. The molecular formula is C11H12F. The van der Waals surface area contributed by atoms with E-state index in [-0.39, 0.29) is 11.7 Å². The first-order valence-corrected chi connectivity index (χ1v) is 3.90. The Labute approximate surface area is 72.7 Å². The van der Waals surface area contributed by atoms with Gasteiger partial charge in [-0.1, -0.05) is 37.8 Å². The lowest BCUT2D eigenvalue weighted by atomic mass is 10.00. The fourth-order valence-corrected chi connectivity index (χ4v) is 1.11. The molecule has 63 valence electrons. The standard InChI is InChI=1S/C11H12F/c1-4-9-6-5-7-10(8(2)3)11(9)12/h4-8H,1-2H2,3H3. The number of halogens is 1. The van der Waals surface area contributed by atoms with Crippen LogP contribution >= 0.6 is 0 Å². The molecule has 0 saturated heterocycles. The van der Waals surface area contributed by atoms with Gasteiger partial charge in [-0.25, -0.2) is 4.39 Å². The molecule has 0 fully saturated rings. The van der Waals surface area contributed by atoms with Gasteiger partial charge in [-0.15, -0.1) is 0 Å². The van der Waals surface area contributed by atoms with E-state index in [1.54, 1.807) is 12.1 Å². The Balaban J connectivity index is 3.22. The smallest absolute Gasteiger partial charge is 0.133 e. The monoisotopic (exact) mass is 163 g/mol. The SMILES string of the molecule is [CH2]C(C)c1cccc(C=C)c1F. The van der Waals surface area contributed by atoms with Crippen LogP contribution in [0.3, 0.4) is 0 Å². The Morgan fingerprint density at radius 1 is 1.50 bits per heavy atom. The molecule has 1 rings (SSSR count). The molecule has 0 aliphatic carbocycles. The maximum Gasteiger partial charge on any atom is 0.133 e. The summed E-state index contributed by atoms with van der Waals surface area (Å²) in [6.07, 6.45) is 1.52. The van der Waals surface area contributed by atoms with Crippen LogP contribution in [0.2, 0.25) is 0 Å². The average Bonchev–Trinajstić information content (AvgIpc) is 2.04. The van der Waals surface area contributed by atoms with E-state index in [1.165, 1.54) is 6.08 Å². The van der Waals surface area contributed by atoms with Crippen molar-refractivity contribution in [2.75, 3.05) is 0 Å². The predicted octanol–water partition coefficient (Wildman–Crippen LogP) is 3.41. The zero-order valence-corrected chi connectivity index (χ0v) is 7.18. The minimum absolute atomic E-state index is 0.0232. The highest BCUT2D eigenvalue weighted by Crippen LogP contribution is 2.20. The summed E-state index contributed by atoms with van der Waals surface area (Å²) in [4.78, 5) is 0. The quantitative estimate of drug-likeness (QED) is 0.626. The molecule has 0 aliphatic heterocycles. The summed E-state index contributed by atoms with van der Waals surface area (Å²) in [7, 11) is 0. The minimum Gasteiger partial charge on any atom is -0.206 e. The lowest BCUT2D eigenvalue weighted by Gasteiger charge is -2.07. The van der Waals surface area contributed by atoms with E-state index in [9.17, 15) is 4.39 Å². The molecule has 0 amide bonds. The molecular weight excluding hydrogens is 151 g/mol. The highest BCUT2D eigenvalue weighted by molar-refractivity contribution is 5.49. The number of rotatable bonds is 2.